The van der Waals surface area contributed by atoms with Crippen molar-refractivity contribution in [2.75, 3.05) is 6.61 Å². The van der Waals surface area contributed by atoms with Gasteiger partial charge in [-0.15, -0.1) is 0 Å². The second-order valence-electron chi connectivity index (χ2n) is 9.06. The Bertz CT molecular complexity index is 1710. The summed E-state index contributed by atoms with van der Waals surface area (Å²) in [5.74, 6) is -0.0110. The molecule has 0 saturated carbocycles. The second-order valence-corrected chi connectivity index (χ2v) is 9.06. The molecule has 43 heavy (non-hydrogen) atoms. The van der Waals surface area contributed by atoms with Gasteiger partial charge in [0.15, 0.2) is 17.5 Å². The number of benzene rings is 4. The summed E-state index contributed by atoms with van der Waals surface area (Å²) in [4.78, 5) is 0. The minimum atomic E-state index is -4.35. The van der Waals surface area contributed by atoms with Crippen LogP contribution in [0.15, 0.2) is 66.7 Å². The molecule has 0 aliphatic carbocycles. The van der Waals surface area contributed by atoms with Crippen molar-refractivity contribution in [1.82, 2.24) is 0 Å². The smallest absolute Gasteiger partial charge is 0.429 e. The Kier molecular flexibility index (Phi) is 9.62. The Morgan fingerprint density at radius 2 is 1.16 bits per heavy atom. The molecule has 4 aromatic carbocycles. The van der Waals surface area contributed by atoms with Crippen LogP contribution in [0.1, 0.15) is 47.6 Å². The summed E-state index contributed by atoms with van der Waals surface area (Å²) in [6.07, 6.45) is -2.44. The van der Waals surface area contributed by atoms with Crippen LogP contribution >= 0.6 is 0 Å². The number of ether oxygens (including phenoxy) is 2. The molecular weight excluding hydrogens is 580 g/mol. The van der Waals surface area contributed by atoms with Gasteiger partial charge in [-0.25, -0.2) is 26.3 Å². The van der Waals surface area contributed by atoms with Gasteiger partial charge in [-0.05, 0) is 61.0 Å². The summed E-state index contributed by atoms with van der Waals surface area (Å²) >= 11 is 0. The Hall–Kier alpha value is -4.96. The molecule has 0 fully saturated rings. The largest absolute Gasteiger partial charge is 0.494 e. The molecule has 0 aliphatic rings. The number of alkyl halides is 2. The molecular formula is C33H20F8O2. The number of rotatable bonds is 7. The van der Waals surface area contributed by atoms with Crippen molar-refractivity contribution in [2.45, 2.75) is 25.9 Å². The van der Waals surface area contributed by atoms with Crippen LogP contribution in [0.3, 0.4) is 0 Å². The van der Waals surface area contributed by atoms with E-state index in [4.69, 9.17) is 4.74 Å². The normalized spacial score (nSPS) is 10.8. The van der Waals surface area contributed by atoms with Crippen LogP contribution in [0.5, 0.6) is 11.5 Å². The van der Waals surface area contributed by atoms with Crippen molar-refractivity contribution in [3.05, 3.63) is 129 Å². The predicted molar refractivity (Wildman–Crippen MR) is 142 cm³/mol. The molecule has 0 aliphatic heterocycles. The Morgan fingerprint density at radius 1 is 0.605 bits per heavy atom. The molecule has 0 N–H and O–H groups in total. The fraction of sp³-hybridized carbons (Fsp3) is 0.152. The van der Waals surface area contributed by atoms with Gasteiger partial charge in [0.25, 0.3) is 0 Å². The Morgan fingerprint density at radius 3 is 1.77 bits per heavy atom. The van der Waals surface area contributed by atoms with Crippen molar-refractivity contribution in [3.63, 3.8) is 0 Å². The zero-order valence-corrected chi connectivity index (χ0v) is 22.3. The van der Waals surface area contributed by atoms with Gasteiger partial charge >= 0.3 is 6.11 Å². The highest BCUT2D eigenvalue weighted by atomic mass is 19.3. The molecule has 0 aromatic heterocycles. The Balaban J connectivity index is 1.48. The van der Waals surface area contributed by atoms with Gasteiger partial charge in [-0.1, -0.05) is 37.0 Å². The maximum absolute atomic E-state index is 14.8. The molecule has 0 atom stereocenters. The molecule has 0 bridgehead atoms. The molecule has 0 saturated heterocycles. The van der Waals surface area contributed by atoms with E-state index in [0.717, 1.165) is 31.0 Å². The molecule has 0 amide bonds. The average Bonchev–Trinajstić information content (AvgIpc) is 2.94. The Labute approximate surface area is 241 Å². The lowest BCUT2D eigenvalue weighted by Gasteiger charge is -2.19. The van der Waals surface area contributed by atoms with E-state index in [2.05, 4.69) is 22.5 Å². The van der Waals surface area contributed by atoms with Gasteiger partial charge in [0.1, 0.15) is 34.5 Å². The van der Waals surface area contributed by atoms with Crippen molar-refractivity contribution in [2.24, 2.45) is 0 Å². The van der Waals surface area contributed by atoms with Crippen LogP contribution in [0.2, 0.25) is 0 Å². The predicted octanol–water partition coefficient (Wildman–Crippen LogP) is 8.63. The topological polar surface area (TPSA) is 18.5 Å². The van der Waals surface area contributed by atoms with E-state index in [1.807, 2.05) is 12.8 Å². The van der Waals surface area contributed by atoms with E-state index in [-0.39, 0.29) is 5.56 Å². The van der Waals surface area contributed by atoms with Crippen molar-refractivity contribution in [3.8, 4) is 35.2 Å². The third-order valence-electron chi connectivity index (χ3n) is 5.83. The average molecular weight is 601 g/mol. The maximum atomic E-state index is 14.8. The monoisotopic (exact) mass is 600 g/mol. The molecule has 10 heteroatoms. The fourth-order valence-electron chi connectivity index (χ4n) is 3.64. The summed E-state index contributed by atoms with van der Waals surface area (Å²) in [5, 5.41) is 0. The van der Waals surface area contributed by atoms with E-state index < -0.39 is 63.5 Å². The quantitative estimate of drug-likeness (QED) is 0.0916. The molecule has 0 heterocycles. The minimum absolute atomic E-state index is 0.0845. The zero-order chi connectivity index (χ0) is 31.1. The standard InChI is InChI=1S/C33H20F8O2/c1-2-3-14-42-23-10-6-20(7-11-23)4-5-21-9-13-26(29(36)15-21)33(40,41)43-24-18-27(34)25(28(35)19-24)12-8-22-16-30(37)32(39)31(38)17-22/h6-7,9-11,13,15-19H,2-3,14H2,1H3. The highest BCUT2D eigenvalue weighted by molar-refractivity contribution is 5.47. The molecule has 4 aromatic rings. The number of halogens is 8. The third-order valence-corrected chi connectivity index (χ3v) is 5.83. The third kappa shape index (κ3) is 7.87. The van der Waals surface area contributed by atoms with Crippen molar-refractivity contribution in [1.29, 1.82) is 0 Å². The lowest BCUT2D eigenvalue weighted by Crippen LogP contribution is -2.23. The number of unbranched alkanes of at least 4 members (excludes halogenated alkanes) is 1. The van der Waals surface area contributed by atoms with Crippen LogP contribution in [0.4, 0.5) is 35.1 Å². The first-order chi connectivity index (χ1) is 20.5. The van der Waals surface area contributed by atoms with E-state index in [1.54, 1.807) is 24.3 Å². The zero-order valence-electron chi connectivity index (χ0n) is 22.3. The lowest BCUT2D eigenvalue weighted by atomic mass is 10.1. The summed E-state index contributed by atoms with van der Waals surface area (Å²) in [6, 6.07) is 11.2. The molecule has 0 spiro atoms. The van der Waals surface area contributed by atoms with E-state index in [0.29, 0.717) is 42.2 Å². The van der Waals surface area contributed by atoms with Crippen LogP contribution in [-0.2, 0) is 6.11 Å². The second kappa shape index (κ2) is 13.3. The van der Waals surface area contributed by atoms with Crippen molar-refractivity contribution < 1.29 is 44.6 Å². The van der Waals surface area contributed by atoms with Crippen LogP contribution in [-0.4, -0.2) is 6.61 Å². The summed E-state index contributed by atoms with van der Waals surface area (Å²) in [7, 11) is 0. The van der Waals surface area contributed by atoms with Gasteiger partial charge in [0.05, 0.1) is 12.2 Å². The number of hydrogen-bond donors (Lipinski definition) is 0. The maximum Gasteiger partial charge on any atom is 0.429 e. The van der Waals surface area contributed by atoms with Crippen molar-refractivity contribution >= 4 is 0 Å². The summed E-state index contributed by atoms with van der Waals surface area (Å²) in [6.45, 7) is 2.62. The molecule has 220 valence electrons. The van der Waals surface area contributed by atoms with E-state index in [9.17, 15) is 35.1 Å². The van der Waals surface area contributed by atoms with E-state index in [1.165, 1.54) is 0 Å². The SMILES string of the molecule is CCCCOc1ccc(C#Cc2ccc(C(F)(F)Oc3cc(F)c(C#Cc4cc(F)c(F)c(F)c4)c(F)c3)c(F)c2)cc1. The van der Waals surface area contributed by atoms with Crippen LogP contribution < -0.4 is 9.47 Å². The van der Waals surface area contributed by atoms with Gasteiger partial charge in [0.2, 0.25) is 0 Å². The number of hydrogen-bond acceptors (Lipinski definition) is 2. The summed E-state index contributed by atoms with van der Waals surface area (Å²) in [5.41, 5.74) is -1.92. The van der Waals surface area contributed by atoms with Crippen LogP contribution in [0.25, 0.3) is 0 Å². The van der Waals surface area contributed by atoms with Gasteiger partial charge < -0.3 is 9.47 Å². The van der Waals surface area contributed by atoms with Gasteiger partial charge in [-0.2, -0.15) is 8.78 Å². The molecule has 4 rings (SSSR count). The van der Waals surface area contributed by atoms with Crippen LogP contribution in [0, 0.1) is 58.6 Å². The highest BCUT2D eigenvalue weighted by Gasteiger charge is 2.38. The molecule has 0 radical (unpaired) electrons. The van der Waals surface area contributed by atoms with Gasteiger partial charge in [0, 0.05) is 28.8 Å². The lowest BCUT2D eigenvalue weighted by molar-refractivity contribution is -0.187. The van der Waals surface area contributed by atoms with Gasteiger partial charge in [-0.3, -0.25) is 0 Å². The first-order valence-corrected chi connectivity index (χ1v) is 12.7. The highest BCUT2D eigenvalue weighted by Crippen LogP contribution is 2.34. The summed E-state index contributed by atoms with van der Waals surface area (Å²) < 4.78 is 123. The first-order valence-electron chi connectivity index (χ1n) is 12.7. The minimum Gasteiger partial charge on any atom is -0.494 e. The molecule has 0 unspecified atom stereocenters. The molecule has 2 nitrogen and oxygen atoms in total. The fourth-order valence-corrected chi connectivity index (χ4v) is 3.64. The first kappa shape index (κ1) is 31.0. The van der Waals surface area contributed by atoms with E-state index >= 15 is 0 Å².